The van der Waals surface area contributed by atoms with Gasteiger partial charge in [0.2, 0.25) is 5.91 Å². The SMILES string of the molecule is Cc1nc(C)c(C(C)NCC(=O)Nc2ccccc2F)s1. The van der Waals surface area contributed by atoms with Crippen LogP contribution in [-0.2, 0) is 4.79 Å². The molecule has 1 aromatic carbocycles. The highest BCUT2D eigenvalue weighted by molar-refractivity contribution is 7.11. The van der Waals surface area contributed by atoms with E-state index in [-0.39, 0.29) is 24.2 Å². The molecule has 1 aromatic heterocycles. The van der Waals surface area contributed by atoms with Crippen LogP contribution in [0.2, 0.25) is 0 Å². The first-order chi connectivity index (χ1) is 9.97. The van der Waals surface area contributed by atoms with Crippen molar-refractivity contribution in [2.45, 2.75) is 26.8 Å². The predicted octanol–water partition coefficient (Wildman–Crippen LogP) is 3.19. The van der Waals surface area contributed by atoms with Gasteiger partial charge < -0.3 is 10.6 Å². The van der Waals surface area contributed by atoms with Crippen LogP contribution in [0.1, 0.15) is 28.5 Å². The Hall–Kier alpha value is -1.79. The molecule has 0 spiro atoms. The summed E-state index contributed by atoms with van der Waals surface area (Å²) in [6.45, 7) is 6.01. The fourth-order valence-electron chi connectivity index (χ4n) is 2.04. The van der Waals surface area contributed by atoms with Gasteiger partial charge in [-0.2, -0.15) is 0 Å². The van der Waals surface area contributed by atoms with Crippen molar-refractivity contribution < 1.29 is 9.18 Å². The molecule has 0 aliphatic carbocycles. The molecule has 4 nitrogen and oxygen atoms in total. The third-order valence-electron chi connectivity index (χ3n) is 3.05. The Morgan fingerprint density at radius 3 is 2.71 bits per heavy atom. The van der Waals surface area contributed by atoms with Crippen molar-refractivity contribution in [2.24, 2.45) is 0 Å². The Kier molecular flexibility index (Phi) is 5.03. The van der Waals surface area contributed by atoms with Crippen molar-refractivity contribution in [3.63, 3.8) is 0 Å². The molecular weight excluding hydrogens is 289 g/mol. The van der Waals surface area contributed by atoms with Gasteiger partial charge >= 0.3 is 0 Å². The third kappa shape index (κ3) is 4.09. The highest BCUT2D eigenvalue weighted by atomic mass is 32.1. The van der Waals surface area contributed by atoms with Gasteiger partial charge in [0.25, 0.3) is 0 Å². The van der Waals surface area contributed by atoms with Gasteiger partial charge in [-0.15, -0.1) is 11.3 Å². The third-order valence-corrected chi connectivity index (χ3v) is 4.31. The minimum absolute atomic E-state index is 0.0302. The van der Waals surface area contributed by atoms with Crippen molar-refractivity contribution >= 4 is 22.9 Å². The van der Waals surface area contributed by atoms with E-state index in [9.17, 15) is 9.18 Å². The maximum Gasteiger partial charge on any atom is 0.238 e. The van der Waals surface area contributed by atoms with E-state index >= 15 is 0 Å². The number of rotatable bonds is 5. The van der Waals surface area contributed by atoms with Crippen molar-refractivity contribution in [1.82, 2.24) is 10.3 Å². The summed E-state index contributed by atoms with van der Waals surface area (Å²) < 4.78 is 13.4. The Morgan fingerprint density at radius 2 is 2.10 bits per heavy atom. The summed E-state index contributed by atoms with van der Waals surface area (Å²) in [4.78, 5) is 17.3. The molecule has 112 valence electrons. The summed E-state index contributed by atoms with van der Waals surface area (Å²) in [5.41, 5.74) is 1.17. The zero-order chi connectivity index (χ0) is 15.4. The van der Waals surface area contributed by atoms with Crippen molar-refractivity contribution in [3.05, 3.63) is 45.7 Å². The highest BCUT2D eigenvalue weighted by Crippen LogP contribution is 2.24. The number of benzene rings is 1. The molecule has 1 heterocycles. The van der Waals surface area contributed by atoms with Crippen LogP contribution in [0, 0.1) is 19.7 Å². The standard InChI is InChI=1S/C15H18FN3OS/c1-9(15-10(2)18-11(3)21-15)17-8-14(20)19-13-7-5-4-6-12(13)16/h4-7,9,17H,8H2,1-3H3,(H,19,20). The number of nitrogens with one attached hydrogen (secondary N) is 2. The lowest BCUT2D eigenvalue weighted by Gasteiger charge is -2.13. The molecular formula is C15H18FN3OS. The summed E-state index contributed by atoms with van der Waals surface area (Å²) in [6.07, 6.45) is 0. The molecule has 0 bridgehead atoms. The van der Waals surface area contributed by atoms with Gasteiger partial charge in [0, 0.05) is 10.9 Å². The molecule has 2 rings (SSSR count). The number of hydrogen-bond acceptors (Lipinski definition) is 4. The van der Waals surface area contributed by atoms with Crippen LogP contribution in [-0.4, -0.2) is 17.4 Å². The molecule has 1 amide bonds. The van der Waals surface area contributed by atoms with Crippen LogP contribution in [0.15, 0.2) is 24.3 Å². The summed E-state index contributed by atoms with van der Waals surface area (Å²) in [5.74, 6) is -0.710. The normalized spacial score (nSPS) is 12.2. The number of halogens is 1. The van der Waals surface area contributed by atoms with Gasteiger partial charge in [-0.25, -0.2) is 9.37 Å². The van der Waals surface area contributed by atoms with E-state index < -0.39 is 5.82 Å². The Bertz CT molecular complexity index is 642. The average Bonchev–Trinajstić information content (AvgIpc) is 2.78. The summed E-state index contributed by atoms with van der Waals surface area (Å²) >= 11 is 1.62. The van der Waals surface area contributed by atoms with Crippen LogP contribution in [0.5, 0.6) is 0 Å². The molecule has 6 heteroatoms. The van der Waals surface area contributed by atoms with Crippen LogP contribution in [0.3, 0.4) is 0 Å². The van der Waals surface area contributed by atoms with Gasteiger partial charge in [-0.3, -0.25) is 4.79 Å². The molecule has 2 N–H and O–H groups in total. The second-order valence-electron chi connectivity index (χ2n) is 4.81. The second-order valence-corrected chi connectivity index (χ2v) is 6.05. The molecule has 21 heavy (non-hydrogen) atoms. The first-order valence-corrected chi connectivity index (χ1v) is 7.50. The monoisotopic (exact) mass is 307 g/mol. The first-order valence-electron chi connectivity index (χ1n) is 6.69. The van der Waals surface area contributed by atoms with Crippen molar-refractivity contribution in [1.29, 1.82) is 0 Å². The van der Waals surface area contributed by atoms with Crippen molar-refractivity contribution in [3.8, 4) is 0 Å². The Morgan fingerprint density at radius 1 is 1.38 bits per heavy atom. The topological polar surface area (TPSA) is 54.0 Å². The lowest BCUT2D eigenvalue weighted by Crippen LogP contribution is -2.30. The van der Waals surface area contributed by atoms with Crippen LogP contribution in [0.25, 0.3) is 0 Å². The number of anilines is 1. The minimum atomic E-state index is -0.437. The van der Waals surface area contributed by atoms with Gasteiger partial charge in [0.15, 0.2) is 0 Å². The molecule has 0 radical (unpaired) electrons. The molecule has 1 unspecified atom stereocenters. The molecule has 0 saturated carbocycles. The number of aryl methyl sites for hydroxylation is 2. The van der Waals surface area contributed by atoms with E-state index in [0.717, 1.165) is 15.6 Å². The van der Waals surface area contributed by atoms with Crippen molar-refractivity contribution in [2.75, 3.05) is 11.9 Å². The van der Waals surface area contributed by atoms with Gasteiger partial charge in [-0.1, -0.05) is 12.1 Å². The molecule has 0 fully saturated rings. The van der Waals surface area contributed by atoms with E-state index in [1.807, 2.05) is 20.8 Å². The molecule has 0 aliphatic rings. The summed E-state index contributed by atoms with van der Waals surface area (Å²) in [5, 5.41) is 6.68. The van der Waals surface area contributed by atoms with Gasteiger partial charge in [0.1, 0.15) is 5.82 Å². The predicted molar refractivity (Wildman–Crippen MR) is 83.0 cm³/mol. The molecule has 0 saturated heterocycles. The number of amides is 1. The lowest BCUT2D eigenvalue weighted by atomic mass is 10.2. The first kappa shape index (κ1) is 15.6. The number of carbonyl (C=O) groups excluding carboxylic acids is 1. The number of carbonyl (C=O) groups is 1. The largest absolute Gasteiger partial charge is 0.322 e. The number of hydrogen-bond donors (Lipinski definition) is 2. The average molecular weight is 307 g/mol. The van der Waals surface area contributed by atoms with E-state index in [1.54, 1.807) is 23.5 Å². The maximum absolute atomic E-state index is 13.4. The molecule has 2 aromatic rings. The number of thiazole rings is 1. The number of nitrogens with zero attached hydrogens (tertiary/aromatic N) is 1. The zero-order valence-electron chi connectivity index (χ0n) is 12.2. The zero-order valence-corrected chi connectivity index (χ0v) is 13.1. The van der Waals surface area contributed by atoms with E-state index in [4.69, 9.17) is 0 Å². The number of para-hydroxylation sites is 1. The van der Waals surface area contributed by atoms with Crippen LogP contribution < -0.4 is 10.6 Å². The van der Waals surface area contributed by atoms with E-state index in [0.29, 0.717) is 0 Å². The quantitative estimate of drug-likeness (QED) is 0.892. The highest BCUT2D eigenvalue weighted by Gasteiger charge is 2.14. The second kappa shape index (κ2) is 6.78. The molecule has 0 aliphatic heterocycles. The fraction of sp³-hybridized carbons (Fsp3) is 0.333. The number of aromatic nitrogens is 1. The lowest BCUT2D eigenvalue weighted by molar-refractivity contribution is -0.115. The van der Waals surface area contributed by atoms with E-state index in [1.165, 1.54) is 12.1 Å². The molecule has 1 atom stereocenters. The van der Waals surface area contributed by atoms with Crippen LogP contribution in [0.4, 0.5) is 10.1 Å². The fourth-order valence-corrected chi connectivity index (χ4v) is 3.00. The Labute approximate surface area is 127 Å². The summed E-state index contributed by atoms with van der Waals surface area (Å²) in [6, 6.07) is 6.14. The van der Waals surface area contributed by atoms with Gasteiger partial charge in [0.05, 0.1) is 22.9 Å². The minimum Gasteiger partial charge on any atom is -0.322 e. The Balaban J connectivity index is 1.89. The smallest absolute Gasteiger partial charge is 0.238 e. The van der Waals surface area contributed by atoms with E-state index in [2.05, 4.69) is 15.6 Å². The maximum atomic E-state index is 13.4. The summed E-state index contributed by atoms with van der Waals surface area (Å²) in [7, 11) is 0. The van der Waals surface area contributed by atoms with Crippen LogP contribution >= 0.6 is 11.3 Å². The van der Waals surface area contributed by atoms with Gasteiger partial charge in [-0.05, 0) is 32.9 Å².